The van der Waals surface area contributed by atoms with Crippen LogP contribution < -0.4 is 11.5 Å². The molecule has 3 aromatic heterocycles. The number of hydrogen-bond acceptors (Lipinski definition) is 6. The van der Waals surface area contributed by atoms with Crippen molar-refractivity contribution in [2.75, 3.05) is 5.73 Å². The topological polar surface area (TPSA) is 104 Å². The van der Waals surface area contributed by atoms with Crippen LogP contribution in [0, 0.1) is 0 Å². The SMILES string of the molecule is CC.CCc1sc2c(N)c(C(N)=O)oc2c1/C=C\C(C)OCc1ccccn1. The molecule has 3 rings (SSSR count). The summed E-state index contributed by atoms with van der Waals surface area (Å²) in [4.78, 5) is 16.8. The molecule has 0 aliphatic rings. The van der Waals surface area contributed by atoms with Gasteiger partial charge in [0.05, 0.1) is 23.1 Å². The van der Waals surface area contributed by atoms with E-state index in [1.807, 2.05) is 51.1 Å². The number of aryl methyl sites for hydroxylation is 1. The third kappa shape index (κ3) is 4.79. The number of carbonyl (C=O) groups excluding carboxylic acids is 1. The quantitative estimate of drug-likeness (QED) is 0.593. The summed E-state index contributed by atoms with van der Waals surface area (Å²) >= 11 is 1.52. The second-order valence-corrected chi connectivity index (χ2v) is 6.96. The minimum atomic E-state index is -0.661. The first-order chi connectivity index (χ1) is 13.5. The fourth-order valence-electron chi connectivity index (χ4n) is 2.61. The van der Waals surface area contributed by atoms with Gasteiger partial charge in [-0.15, -0.1) is 11.3 Å². The number of anilines is 1. The van der Waals surface area contributed by atoms with Crippen LogP contribution in [0.15, 0.2) is 34.9 Å². The molecule has 1 amide bonds. The summed E-state index contributed by atoms with van der Waals surface area (Å²) in [7, 11) is 0. The Morgan fingerprint density at radius 3 is 2.75 bits per heavy atom. The van der Waals surface area contributed by atoms with Crippen molar-refractivity contribution < 1.29 is 13.9 Å². The van der Waals surface area contributed by atoms with Gasteiger partial charge in [-0.05, 0) is 25.5 Å². The maximum absolute atomic E-state index is 11.5. The lowest BCUT2D eigenvalue weighted by Crippen LogP contribution is -2.11. The Morgan fingerprint density at radius 2 is 2.14 bits per heavy atom. The number of nitrogens with zero attached hydrogens (tertiary/aromatic N) is 1. The molecule has 0 fully saturated rings. The Kier molecular flexibility index (Phi) is 7.78. The van der Waals surface area contributed by atoms with Crippen LogP contribution in [-0.4, -0.2) is 17.0 Å². The van der Waals surface area contributed by atoms with Crippen molar-refractivity contribution in [2.24, 2.45) is 5.73 Å². The lowest BCUT2D eigenvalue weighted by molar-refractivity contribution is 0.0823. The maximum Gasteiger partial charge on any atom is 0.286 e. The Morgan fingerprint density at radius 1 is 1.39 bits per heavy atom. The highest BCUT2D eigenvalue weighted by Gasteiger charge is 2.22. The third-order valence-corrected chi connectivity index (χ3v) is 5.33. The molecule has 3 heterocycles. The van der Waals surface area contributed by atoms with E-state index in [-0.39, 0.29) is 11.9 Å². The summed E-state index contributed by atoms with van der Waals surface area (Å²) in [6, 6.07) is 5.72. The van der Waals surface area contributed by atoms with Gasteiger partial charge in [0.15, 0.2) is 5.58 Å². The standard InChI is InChI=1S/C19H21N3O3S.C2H6/c1-3-14-13(16-18(26-14)15(20)17(25-16)19(21)23)8-7-11(2)24-10-12-6-4-5-9-22-12;1-2/h4-9,11H,3,10,20H2,1-2H3,(H2,21,23);1-2H3/b8-7-;. The van der Waals surface area contributed by atoms with Crippen LogP contribution in [0.3, 0.4) is 0 Å². The molecule has 3 aromatic rings. The van der Waals surface area contributed by atoms with Crippen LogP contribution in [0.5, 0.6) is 0 Å². The Hall–Kier alpha value is -2.64. The number of amides is 1. The number of pyridine rings is 1. The van der Waals surface area contributed by atoms with Gasteiger partial charge in [-0.2, -0.15) is 0 Å². The van der Waals surface area contributed by atoms with Crippen LogP contribution in [0.1, 0.15) is 54.4 Å². The predicted molar refractivity (Wildman–Crippen MR) is 115 cm³/mol. The molecule has 0 saturated heterocycles. The highest BCUT2D eigenvalue weighted by molar-refractivity contribution is 7.20. The van der Waals surface area contributed by atoms with E-state index < -0.39 is 5.91 Å². The second kappa shape index (κ2) is 10.1. The van der Waals surface area contributed by atoms with E-state index in [9.17, 15) is 4.79 Å². The Bertz CT molecular complexity index is 945. The molecule has 150 valence electrons. The number of hydrogen-bond donors (Lipinski definition) is 2. The zero-order chi connectivity index (χ0) is 20.7. The van der Waals surface area contributed by atoms with E-state index in [4.69, 9.17) is 20.6 Å². The van der Waals surface area contributed by atoms with Gasteiger partial charge < -0.3 is 20.6 Å². The molecule has 0 aliphatic carbocycles. The van der Waals surface area contributed by atoms with E-state index in [0.29, 0.717) is 17.9 Å². The van der Waals surface area contributed by atoms with Crippen molar-refractivity contribution in [2.45, 2.75) is 46.8 Å². The van der Waals surface area contributed by atoms with Gasteiger partial charge in [-0.3, -0.25) is 9.78 Å². The van der Waals surface area contributed by atoms with Crippen LogP contribution >= 0.6 is 11.3 Å². The highest BCUT2D eigenvalue weighted by atomic mass is 32.1. The van der Waals surface area contributed by atoms with Crippen molar-refractivity contribution in [3.8, 4) is 0 Å². The summed E-state index contributed by atoms with van der Waals surface area (Å²) < 4.78 is 12.2. The Labute approximate surface area is 169 Å². The number of thiophene rings is 1. The fraction of sp³-hybridized carbons (Fsp3) is 0.333. The molecular formula is C21H27N3O3S. The van der Waals surface area contributed by atoms with Gasteiger partial charge >= 0.3 is 0 Å². The molecule has 0 aliphatic heterocycles. The molecule has 7 heteroatoms. The van der Waals surface area contributed by atoms with Gasteiger partial charge in [-0.25, -0.2) is 0 Å². The van der Waals surface area contributed by atoms with E-state index in [2.05, 4.69) is 11.9 Å². The smallest absolute Gasteiger partial charge is 0.286 e. The molecular weight excluding hydrogens is 374 g/mol. The average Bonchev–Trinajstić information content (AvgIpc) is 3.23. The lowest BCUT2D eigenvalue weighted by Gasteiger charge is -2.08. The normalized spacial score (nSPS) is 12.1. The van der Waals surface area contributed by atoms with E-state index in [0.717, 1.165) is 27.3 Å². The molecule has 0 spiro atoms. The van der Waals surface area contributed by atoms with Crippen molar-refractivity contribution in [3.63, 3.8) is 0 Å². The summed E-state index contributed by atoms with van der Waals surface area (Å²) in [5.41, 5.74) is 14.0. The number of nitrogen functional groups attached to an aromatic ring is 1. The number of nitrogens with two attached hydrogens (primary N) is 2. The van der Waals surface area contributed by atoms with Crippen LogP contribution in [0.25, 0.3) is 16.4 Å². The van der Waals surface area contributed by atoms with Gasteiger partial charge in [-0.1, -0.05) is 39.0 Å². The van der Waals surface area contributed by atoms with Crippen molar-refractivity contribution in [1.29, 1.82) is 0 Å². The predicted octanol–water partition coefficient (Wildman–Crippen LogP) is 4.78. The molecule has 0 saturated carbocycles. The number of ether oxygens (including phenoxy) is 1. The average molecular weight is 402 g/mol. The first kappa shape index (κ1) is 21.7. The zero-order valence-corrected chi connectivity index (χ0v) is 17.5. The molecule has 0 radical (unpaired) electrons. The molecule has 1 atom stereocenters. The highest BCUT2D eigenvalue weighted by Crippen LogP contribution is 2.40. The zero-order valence-electron chi connectivity index (χ0n) is 16.7. The first-order valence-corrected chi connectivity index (χ1v) is 10.2. The number of furan rings is 1. The monoisotopic (exact) mass is 401 g/mol. The van der Waals surface area contributed by atoms with Gasteiger partial charge in [0, 0.05) is 16.6 Å². The minimum Gasteiger partial charge on any atom is -0.447 e. The van der Waals surface area contributed by atoms with Crippen molar-refractivity contribution in [3.05, 3.63) is 52.4 Å². The van der Waals surface area contributed by atoms with Crippen molar-refractivity contribution >= 4 is 39.3 Å². The van der Waals surface area contributed by atoms with Crippen LogP contribution in [-0.2, 0) is 17.8 Å². The molecule has 28 heavy (non-hydrogen) atoms. The largest absolute Gasteiger partial charge is 0.447 e. The van der Waals surface area contributed by atoms with Gasteiger partial charge in [0.2, 0.25) is 5.76 Å². The van der Waals surface area contributed by atoms with Gasteiger partial charge in [0.1, 0.15) is 5.69 Å². The Balaban J connectivity index is 0.00000136. The number of aromatic nitrogens is 1. The molecule has 6 nitrogen and oxygen atoms in total. The maximum atomic E-state index is 11.5. The fourth-order valence-corrected chi connectivity index (χ4v) is 3.72. The third-order valence-electron chi connectivity index (χ3n) is 3.97. The number of rotatable bonds is 7. The van der Waals surface area contributed by atoms with Crippen LogP contribution in [0.4, 0.5) is 5.69 Å². The minimum absolute atomic E-state index is 0.0167. The van der Waals surface area contributed by atoms with Gasteiger partial charge in [0.25, 0.3) is 5.91 Å². The molecule has 0 bridgehead atoms. The van der Waals surface area contributed by atoms with Crippen molar-refractivity contribution in [1.82, 2.24) is 4.98 Å². The lowest BCUT2D eigenvalue weighted by atomic mass is 10.1. The summed E-state index contributed by atoms with van der Waals surface area (Å²) in [5, 5.41) is 0. The molecule has 0 aromatic carbocycles. The van der Waals surface area contributed by atoms with E-state index in [1.165, 1.54) is 11.3 Å². The number of carbonyl (C=O) groups is 1. The van der Waals surface area contributed by atoms with E-state index >= 15 is 0 Å². The number of primary amides is 1. The summed E-state index contributed by atoms with van der Waals surface area (Å²) in [5.74, 6) is -0.644. The first-order valence-electron chi connectivity index (χ1n) is 9.34. The van der Waals surface area contributed by atoms with E-state index in [1.54, 1.807) is 6.20 Å². The summed E-state index contributed by atoms with van der Waals surface area (Å²) in [6.07, 6.45) is 6.37. The molecule has 1 unspecified atom stereocenters. The molecule has 4 N–H and O–H groups in total. The van der Waals surface area contributed by atoms with Crippen LogP contribution in [0.2, 0.25) is 0 Å². The second-order valence-electron chi connectivity index (χ2n) is 5.86. The number of fused-ring (bicyclic) bond motifs is 1. The summed E-state index contributed by atoms with van der Waals surface area (Å²) in [6.45, 7) is 8.46.